The molecular formula is C28H27Cl2N3O3. The molecule has 8 heteroatoms. The van der Waals surface area contributed by atoms with E-state index in [-0.39, 0.29) is 17.8 Å². The summed E-state index contributed by atoms with van der Waals surface area (Å²) in [5, 5.41) is 5.45. The topological polar surface area (TPSA) is 64.4 Å². The van der Waals surface area contributed by atoms with Crippen LogP contribution >= 0.6 is 23.2 Å². The van der Waals surface area contributed by atoms with E-state index in [2.05, 4.69) is 25.0 Å². The fourth-order valence-electron chi connectivity index (χ4n) is 4.44. The summed E-state index contributed by atoms with van der Waals surface area (Å²) in [6.07, 6.45) is 4.35. The molecule has 0 spiro atoms. The SMILES string of the molecule is Cc1nn(Cc2ccccc2Cl)c(Cl)c1/C=C/C(=O)OCC(=O)/C=C1\N(C)c2ccccc2C1(C)C. The molecular weight excluding hydrogens is 497 g/mol. The van der Waals surface area contributed by atoms with Gasteiger partial charge in [0.25, 0.3) is 0 Å². The fourth-order valence-corrected chi connectivity index (χ4v) is 4.94. The maximum atomic E-state index is 12.6. The van der Waals surface area contributed by atoms with Gasteiger partial charge in [-0.1, -0.05) is 73.4 Å². The molecule has 0 fully saturated rings. The zero-order chi connectivity index (χ0) is 26.0. The molecule has 0 atom stereocenters. The van der Waals surface area contributed by atoms with Gasteiger partial charge in [0.1, 0.15) is 5.15 Å². The van der Waals surface area contributed by atoms with E-state index in [0.29, 0.717) is 28.0 Å². The number of aryl methyl sites for hydroxylation is 1. The van der Waals surface area contributed by atoms with E-state index in [1.54, 1.807) is 29.8 Å². The molecule has 0 N–H and O–H groups in total. The Hall–Kier alpha value is -3.35. The lowest BCUT2D eigenvalue weighted by Gasteiger charge is -2.23. The number of anilines is 1. The van der Waals surface area contributed by atoms with Crippen molar-refractivity contribution in [2.75, 3.05) is 18.6 Å². The molecule has 3 aromatic rings. The van der Waals surface area contributed by atoms with Gasteiger partial charge < -0.3 is 9.64 Å². The Morgan fingerprint density at radius 3 is 2.50 bits per heavy atom. The minimum Gasteiger partial charge on any atom is -0.454 e. The van der Waals surface area contributed by atoms with Gasteiger partial charge in [-0.25, -0.2) is 9.48 Å². The smallest absolute Gasteiger partial charge is 0.331 e. The fraction of sp³-hybridized carbons (Fsp3) is 0.250. The number of benzene rings is 2. The highest BCUT2D eigenvalue weighted by Gasteiger charge is 2.38. The van der Waals surface area contributed by atoms with Crippen molar-refractivity contribution in [3.63, 3.8) is 0 Å². The number of allylic oxidation sites excluding steroid dienone is 1. The van der Waals surface area contributed by atoms with Crippen molar-refractivity contribution in [2.24, 2.45) is 0 Å². The van der Waals surface area contributed by atoms with E-state index < -0.39 is 5.97 Å². The van der Waals surface area contributed by atoms with Gasteiger partial charge in [-0.15, -0.1) is 0 Å². The summed E-state index contributed by atoms with van der Waals surface area (Å²) in [5.74, 6) is -0.931. The first kappa shape index (κ1) is 25.7. The first-order valence-electron chi connectivity index (χ1n) is 11.5. The third kappa shape index (κ3) is 5.11. The quantitative estimate of drug-likeness (QED) is 0.281. The second kappa shape index (κ2) is 10.3. The largest absolute Gasteiger partial charge is 0.454 e. The van der Waals surface area contributed by atoms with Gasteiger partial charge in [-0.3, -0.25) is 4.79 Å². The number of esters is 1. The Bertz CT molecular complexity index is 1390. The Morgan fingerprint density at radius 1 is 1.08 bits per heavy atom. The summed E-state index contributed by atoms with van der Waals surface area (Å²) in [6.45, 7) is 5.98. The van der Waals surface area contributed by atoms with E-state index in [4.69, 9.17) is 27.9 Å². The summed E-state index contributed by atoms with van der Waals surface area (Å²) in [5.41, 5.74) is 4.87. The van der Waals surface area contributed by atoms with Crippen LogP contribution in [0.4, 0.5) is 5.69 Å². The van der Waals surface area contributed by atoms with Crippen molar-refractivity contribution in [2.45, 2.75) is 32.7 Å². The third-order valence-corrected chi connectivity index (χ3v) is 7.14. The second-order valence-corrected chi connectivity index (χ2v) is 9.94. The van der Waals surface area contributed by atoms with E-state index in [1.807, 2.05) is 48.3 Å². The lowest BCUT2D eigenvalue weighted by molar-refractivity contribution is -0.141. The molecule has 0 bridgehead atoms. The third-order valence-electron chi connectivity index (χ3n) is 6.37. The lowest BCUT2D eigenvalue weighted by atomic mass is 9.83. The number of hydrogen-bond acceptors (Lipinski definition) is 5. The molecule has 0 aliphatic carbocycles. The van der Waals surface area contributed by atoms with Gasteiger partial charge in [-0.2, -0.15) is 5.10 Å². The van der Waals surface area contributed by atoms with E-state index in [0.717, 1.165) is 22.5 Å². The molecule has 0 saturated carbocycles. The first-order chi connectivity index (χ1) is 17.1. The molecule has 186 valence electrons. The summed E-state index contributed by atoms with van der Waals surface area (Å²) in [7, 11) is 1.93. The number of nitrogens with zero attached hydrogens (tertiary/aromatic N) is 3. The predicted molar refractivity (Wildman–Crippen MR) is 143 cm³/mol. The van der Waals surface area contributed by atoms with Gasteiger partial charge in [0, 0.05) is 46.6 Å². The normalized spacial score (nSPS) is 15.5. The van der Waals surface area contributed by atoms with E-state index in [9.17, 15) is 9.59 Å². The van der Waals surface area contributed by atoms with Gasteiger partial charge in [0.15, 0.2) is 12.4 Å². The number of carbonyl (C=O) groups excluding carboxylic acids is 2. The zero-order valence-electron chi connectivity index (χ0n) is 20.6. The van der Waals surface area contributed by atoms with Crippen LogP contribution in [0.1, 0.15) is 36.2 Å². The molecule has 0 amide bonds. The molecule has 0 unspecified atom stereocenters. The van der Waals surface area contributed by atoms with Crippen LogP contribution in [0.3, 0.4) is 0 Å². The molecule has 6 nitrogen and oxygen atoms in total. The summed E-state index contributed by atoms with van der Waals surface area (Å²) < 4.78 is 6.81. The van der Waals surface area contributed by atoms with Crippen molar-refractivity contribution in [1.82, 2.24) is 9.78 Å². The van der Waals surface area contributed by atoms with Crippen LogP contribution in [0.25, 0.3) is 6.08 Å². The number of likely N-dealkylation sites (N-methyl/N-ethyl adjacent to an activating group) is 1. The van der Waals surface area contributed by atoms with E-state index in [1.165, 1.54) is 6.08 Å². The maximum absolute atomic E-state index is 12.6. The molecule has 1 aliphatic rings. The molecule has 4 rings (SSSR count). The molecule has 1 aliphatic heterocycles. The zero-order valence-corrected chi connectivity index (χ0v) is 22.1. The average Bonchev–Trinajstić information content (AvgIpc) is 3.22. The molecule has 1 aromatic heterocycles. The number of rotatable bonds is 7. The Morgan fingerprint density at radius 2 is 1.78 bits per heavy atom. The van der Waals surface area contributed by atoms with Crippen LogP contribution < -0.4 is 4.90 Å². The highest BCUT2D eigenvalue weighted by Crippen LogP contribution is 2.46. The molecule has 2 heterocycles. The van der Waals surface area contributed by atoms with Gasteiger partial charge in [-0.05, 0) is 36.3 Å². The number of hydrogen-bond donors (Lipinski definition) is 0. The number of carbonyl (C=O) groups is 2. The highest BCUT2D eigenvalue weighted by molar-refractivity contribution is 6.32. The van der Waals surface area contributed by atoms with Crippen molar-refractivity contribution in [3.8, 4) is 0 Å². The van der Waals surface area contributed by atoms with Crippen LogP contribution in [-0.2, 0) is 26.3 Å². The molecule has 0 saturated heterocycles. The number of halogens is 2. The first-order valence-corrected chi connectivity index (χ1v) is 12.2. The van der Waals surface area contributed by atoms with Crippen molar-refractivity contribution in [1.29, 1.82) is 0 Å². The second-order valence-electron chi connectivity index (χ2n) is 9.18. The Labute approximate surface area is 220 Å². The van der Waals surface area contributed by atoms with Crippen LogP contribution in [0.15, 0.2) is 66.4 Å². The minimum atomic E-state index is -0.640. The standard InChI is InChI=1S/C28H27Cl2N3O3/c1-18-21(27(30)33(31-18)16-19-9-5-7-11-23(19)29)13-14-26(35)36-17-20(34)15-25-28(2,3)22-10-6-8-12-24(22)32(25)4/h5-15H,16-17H2,1-4H3/b14-13+,25-15-. The van der Waals surface area contributed by atoms with Gasteiger partial charge in [0.2, 0.25) is 0 Å². The summed E-state index contributed by atoms with van der Waals surface area (Å²) >= 11 is 12.7. The molecule has 36 heavy (non-hydrogen) atoms. The minimum absolute atomic E-state index is 0.291. The predicted octanol–water partition coefficient (Wildman–Crippen LogP) is 5.98. The lowest BCUT2D eigenvalue weighted by Crippen LogP contribution is -2.25. The monoisotopic (exact) mass is 523 g/mol. The average molecular weight is 524 g/mol. The number of para-hydroxylation sites is 1. The van der Waals surface area contributed by atoms with Crippen molar-refractivity contribution < 1.29 is 14.3 Å². The van der Waals surface area contributed by atoms with Crippen molar-refractivity contribution >= 4 is 46.7 Å². The van der Waals surface area contributed by atoms with Gasteiger partial charge in [0.05, 0.1) is 12.2 Å². The number of ketones is 1. The van der Waals surface area contributed by atoms with E-state index >= 15 is 0 Å². The number of ether oxygens (including phenoxy) is 1. The summed E-state index contributed by atoms with van der Waals surface area (Å²) in [4.78, 5) is 26.9. The van der Waals surface area contributed by atoms with Gasteiger partial charge >= 0.3 is 5.97 Å². The van der Waals surface area contributed by atoms with Crippen LogP contribution in [0.5, 0.6) is 0 Å². The number of aromatic nitrogens is 2. The van der Waals surface area contributed by atoms with Crippen LogP contribution in [0.2, 0.25) is 10.2 Å². The maximum Gasteiger partial charge on any atom is 0.331 e. The highest BCUT2D eigenvalue weighted by atomic mass is 35.5. The van der Waals surface area contributed by atoms with Crippen LogP contribution in [0, 0.1) is 6.92 Å². The molecule has 0 radical (unpaired) electrons. The van der Waals surface area contributed by atoms with Crippen molar-refractivity contribution in [3.05, 3.63) is 98.9 Å². The Kier molecular flexibility index (Phi) is 7.38. The Balaban J connectivity index is 1.39. The molecule has 2 aromatic carbocycles. The van der Waals surface area contributed by atoms with Crippen LogP contribution in [-0.4, -0.2) is 35.2 Å². The summed E-state index contributed by atoms with van der Waals surface area (Å²) in [6, 6.07) is 15.5. The number of fused-ring (bicyclic) bond motifs is 1.